The predicted octanol–water partition coefficient (Wildman–Crippen LogP) is 1.01. The van der Waals surface area contributed by atoms with E-state index in [9.17, 15) is 22.8 Å². The molecule has 0 radical (unpaired) electrons. The minimum Gasteiger partial charge on any atom is -0.339 e. The SMILES string of the molecule is Cc1cccnc1NC(=O)CNC(=O)C(F)(F)F. The van der Waals surface area contributed by atoms with Crippen molar-refractivity contribution in [3.05, 3.63) is 23.9 Å². The van der Waals surface area contributed by atoms with E-state index in [4.69, 9.17) is 0 Å². The van der Waals surface area contributed by atoms with Gasteiger partial charge < -0.3 is 10.6 Å². The zero-order valence-corrected chi connectivity index (χ0v) is 9.34. The summed E-state index contributed by atoms with van der Waals surface area (Å²) in [6, 6.07) is 3.33. The van der Waals surface area contributed by atoms with Gasteiger partial charge in [0.05, 0.1) is 6.54 Å². The van der Waals surface area contributed by atoms with Gasteiger partial charge >= 0.3 is 12.1 Å². The van der Waals surface area contributed by atoms with E-state index in [1.165, 1.54) is 11.5 Å². The van der Waals surface area contributed by atoms with Crippen LogP contribution in [0, 0.1) is 6.92 Å². The van der Waals surface area contributed by atoms with Crippen LogP contribution in [0.3, 0.4) is 0 Å². The summed E-state index contributed by atoms with van der Waals surface area (Å²) in [6.07, 6.45) is -3.57. The second kappa shape index (κ2) is 5.48. The molecule has 18 heavy (non-hydrogen) atoms. The lowest BCUT2D eigenvalue weighted by molar-refractivity contribution is -0.173. The lowest BCUT2D eigenvalue weighted by atomic mass is 10.3. The minimum atomic E-state index is -5.00. The third-order valence-corrected chi connectivity index (χ3v) is 1.93. The monoisotopic (exact) mass is 261 g/mol. The van der Waals surface area contributed by atoms with Crippen molar-refractivity contribution >= 4 is 17.6 Å². The second-order valence-corrected chi connectivity index (χ2v) is 3.40. The number of aryl methyl sites for hydroxylation is 1. The standard InChI is InChI=1S/C10H10F3N3O2/c1-6-3-2-4-14-8(6)16-7(17)5-15-9(18)10(11,12)13/h2-4H,5H2,1H3,(H,15,18)(H,14,16,17). The highest BCUT2D eigenvalue weighted by Crippen LogP contribution is 2.14. The van der Waals surface area contributed by atoms with Gasteiger partial charge in [-0.3, -0.25) is 9.59 Å². The first-order valence-corrected chi connectivity index (χ1v) is 4.87. The zero-order chi connectivity index (χ0) is 13.8. The van der Waals surface area contributed by atoms with Crippen molar-refractivity contribution in [3.63, 3.8) is 0 Å². The van der Waals surface area contributed by atoms with Crippen LogP contribution in [-0.4, -0.2) is 29.5 Å². The maximum atomic E-state index is 11.8. The first-order valence-electron chi connectivity index (χ1n) is 4.87. The van der Waals surface area contributed by atoms with Crippen LogP contribution >= 0.6 is 0 Å². The molecule has 0 bridgehead atoms. The fraction of sp³-hybridized carbons (Fsp3) is 0.300. The van der Waals surface area contributed by atoms with Crippen LogP contribution < -0.4 is 10.6 Å². The number of nitrogens with zero attached hydrogens (tertiary/aromatic N) is 1. The highest BCUT2D eigenvalue weighted by molar-refractivity contribution is 5.95. The molecule has 0 aromatic carbocycles. The van der Waals surface area contributed by atoms with Gasteiger partial charge in [0, 0.05) is 6.20 Å². The molecule has 1 rings (SSSR count). The Morgan fingerprint density at radius 3 is 2.61 bits per heavy atom. The maximum absolute atomic E-state index is 11.8. The fourth-order valence-corrected chi connectivity index (χ4v) is 1.05. The number of amides is 2. The molecule has 1 aromatic rings. The number of alkyl halides is 3. The molecule has 5 nitrogen and oxygen atoms in total. The molecule has 0 aliphatic rings. The number of carbonyl (C=O) groups excluding carboxylic acids is 2. The summed E-state index contributed by atoms with van der Waals surface area (Å²) in [6.45, 7) is 0.908. The molecule has 0 saturated carbocycles. The van der Waals surface area contributed by atoms with E-state index in [0.29, 0.717) is 5.56 Å². The average molecular weight is 261 g/mol. The molecular formula is C10H10F3N3O2. The van der Waals surface area contributed by atoms with E-state index in [-0.39, 0.29) is 5.82 Å². The van der Waals surface area contributed by atoms with Gasteiger partial charge in [-0.25, -0.2) is 4.98 Å². The molecule has 0 aliphatic carbocycles. The van der Waals surface area contributed by atoms with E-state index in [0.717, 1.165) is 0 Å². The fourth-order valence-electron chi connectivity index (χ4n) is 1.05. The van der Waals surface area contributed by atoms with Crippen LogP contribution in [-0.2, 0) is 9.59 Å². The van der Waals surface area contributed by atoms with Gasteiger partial charge in [-0.1, -0.05) is 6.07 Å². The van der Waals surface area contributed by atoms with Crippen molar-refractivity contribution in [3.8, 4) is 0 Å². The third kappa shape index (κ3) is 4.04. The molecule has 8 heteroatoms. The smallest absolute Gasteiger partial charge is 0.339 e. The number of pyridine rings is 1. The highest BCUT2D eigenvalue weighted by atomic mass is 19.4. The van der Waals surface area contributed by atoms with Crippen molar-refractivity contribution in [2.75, 3.05) is 11.9 Å². The number of rotatable bonds is 3. The van der Waals surface area contributed by atoms with E-state index in [1.807, 2.05) is 0 Å². The molecule has 2 amide bonds. The molecule has 98 valence electrons. The van der Waals surface area contributed by atoms with Crippen molar-refractivity contribution in [2.24, 2.45) is 0 Å². The number of anilines is 1. The molecule has 2 N–H and O–H groups in total. The van der Waals surface area contributed by atoms with Crippen LogP contribution in [0.25, 0.3) is 0 Å². The zero-order valence-electron chi connectivity index (χ0n) is 9.34. The Morgan fingerprint density at radius 2 is 2.06 bits per heavy atom. The summed E-state index contributed by atoms with van der Waals surface area (Å²) < 4.78 is 35.5. The highest BCUT2D eigenvalue weighted by Gasteiger charge is 2.38. The van der Waals surface area contributed by atoms with Gasteiger partial charge in [0.2, 0.25) is 5.91 Å². The van der Waals surface area contributed by atoms with Crippen LogP contribution in [0.4, 0.5) is 19.0 Å². The Hall–Kier alpha value is -2.12. The van der Waals surface area contributed by atoms with Gasteiger partial charge in [0.15, 0.2) is 0 Å². The molecular weight excluding hydrogens is 251 g/mol. The summed E-state index contributed by atoms with van der Waals surface area (Å²) in [7, 11) is 0. The second-order valence-electron chi connectivity index (χ2n) is 3.40. The summed E-state index contributed by atoms with van der Waals surface area (Å²) in [5, 5.41) is 3.74. The number of hydrogen-bond acceptors (Lipinski definition) is 3. The molecule has 0 aliphatic heterocycles. The minimum absolute atomic E-state index is 0.240. The van der Waals surface area contributed by atoms with E-state index >= 15 is 0 Å². The number of nitrogens with one attached hydrogen (secondary N) is 2. The summed E-state index contributed by atoms with van der Waals surface area (Å²) in [5.41, 5.74) is 0.660. The number of aromatic nitrogens is 1. The van der Waals surface area contributed by atoms with Gasteiger partial charge in [-0.15, -0.1) is 0 Å². The molecule has 0 unspecified atom stereocenters. The number of hydrogen-bond donors (Lipinski definition) is 2. The van der Waals surface area contributed by atoms with Gasteiger partial charge in [0.1, 0.15) is 5.82 Å². The molecule has 0 atom stereocenters. The van der Waals surface area contributed by atoms with Crippen LogP contribution in [0.5, 0.6) is 0 Å². The Kier molecular flexibility index (Phi) is 4.24. The quantitative estimate of drug-likeness (QED) is 0.853. The van der Waals surface area contributed by atoms with Crippen molar-refractivity contribution in [1.82, 2.24) is 10.3 Å². The maximum Gasteiger partial charge on any atom is 0.471 e. The van der Waals surface area contributed by atoms with Crippen LogP contribution in [0.1, 0.15) is 5.56 Å². The Labute approximate surface area is 100 Å². The topological polar surface area (TPSA) is 71.1 Å². The van der Waals surface area contributed by atoms with E-state index < -0.39 is 24.5 Å². The third-order valence-electron chi connectivity index (χ3n) is 1.93. The number of carbonyl (C=O) groups is 2. The lowest BCUT2D eigenvalue weighted by Gasteiger charge is -2.09. The van der Waals surface area contributed by atoms with Gasteiger partial charge in [0.25, 0.3) is 0 Å². The Balaban J connectivity index is 2.49. The largest absolute Gasteiger partial charge is 0.471 e. The molecule has 1 aromatic heterocycles. The van der Waals surface area contributed by atoms with Crippen LogP contribution in [0.2, 0.25) is 0 Å². The van der Waals surface area contributed by atoms with E-state index in [2.05, 4.69) is 10.3 Å². The van der Waals surface area contributed by atoms with Crippen molar-refractivity contribution < 1.29 is 22.8 Å². The molecule has 0 saturated heterocycles. The normalized spacial score (nSPS) is 10.9. The Morgan fingerprint density at radius 1 is 1.39 bits per heavy atom. The van der Waals surface area contributed by atoms with Crippen LogP contribution in [0.15, 0.2) is 18.3 Å². The predicted molar refractivity (Wildman–Crippen MR) is 56.7 cm³/mol. The van der Waals surface area contributed by atoms with Crippen molar-refractivity contribution in [2.45, 2.75) is 13.1 Å². The molecule has 0 fully saturated rings. The summed E-state index contributed by atoms with van der Waals surface area (Å²) in [5.74, 6) is -2.70. The van der Waals surface area contributed by atoms with E-state index in [1.54, 1.807) is 19.1 Å². The lowest BCUT2D eigenvalue weighted by Crippen LogP contribution is -2.41. The number of halogens is 3. The first-order chi connectivity index (χ1) is 8.30. The first kappa shape index (κ1) is 13.9. The average Bonchev–Trinajstić information content (AvgIpc) is 2.27. The summed E-state index contributed by atoms with van der Waals surface area (Å²) >= 11 is 0. The molecule has 1 heterocycles. The summed E-state index contributed by atoms with van der Waals surface area (Å²) in [4.78, 5) is 25.5. The van der Waals surface area contributed by atoms with Gasteiger partial charge in [-0.05, 0) is 18.6 Å². The molecule has 0 spiro atoms. The van der Waals surface area contributed by atoms with Gasteiger partial charge in [-0.2, -0.15) is 13.2 Å². The Bertz CT molecular complexity index is 460. The van der Waals surface area contributed by atoms with Crippen molar-refractivity contribution in [1.29, 1.82) is 0 Å².